The van der Waals surface area contributed by atoms with Gasteiger partial charge in [-0.2, -0.15) is 0 Å². The molecule has 35 heavy (non-hydrogen) atoms. The minimum atomic E-state index is -1.11. The molecule has 3 rings (SSSR count). The zero-order valence-electron chi connectivity index (χ0n) is 21.1. The van der Waals surface area contributed by atoms with E-state index in [1.54, 1.807) is 71.0 Å². The van der Waals surface area contributed by atoms with Crippen LogP contribution in [-0.4, -0.2) is 48.4 Å². The van der Waals surface area contributed by atoms with Gasteiger partial charge in [0.15, 0.2) is 5.78 Å². The number of ether oxygens (including phenoxy) is 1. The van der Waals surface area contributed by atoms with E-state index in [0.29, 0.717) is 16.9 Å². The number of benzene rings is 2. The molecule has 2 aromatic carbocycles. The number of nitrogens with zero attached hydrogens (tertiary/aromatic N) is 2. The standard InChI is InChI=1S/C27H33N3O5/c1-17(2)24(32)29-15-20(28-26(34)35-27(4,5)6)25(33)30(22-14-10-9-13-21(22)29)16-23(31)19-12-8-7-11-18(19)3/h7-14,17,20H,15-16H2,1-6H3,(H,28,34). The number of hydrogen-bond donors (Lipinski definition) is 1. The molecular weight excluding hydrogens is 446 g/mol. The van der Waals surface area contributed by atoms with E-state index in [1.165, 1.54) is 9.80 Å². The number of amides is 3. The van der Waals surface area contributed by atoms with Crippen molar-refractivity contribution in [3.8, 4) is 0 Å². The molecule has 2 aromatic rings. The molecule has 0 saturated carbocycles. The van der Waals surface area contributed by atoms with Crippen LogP contribution in [-0.2, 0) is 14.3 Å². The van der Waals surface area contributed by atoms with Crippen molar-refractivity contribution in [3.63, 3.8) is 0 Å². The number of anilines is 2. The second kappa shape index (κ2) is 10.3. The monoisotopic (exact) mass is 479 g/mol. The van der Waals surface area contributed by atoms with Crippen LogP contribution in [0, 0.1) is 12.8 Å². The summed E-state index contributed by atoms with van der Waals surface area (Å²) < 4.78 is 5.36. The number of fused-ring (bicyclic) bond motifs is 1. The molecule has 1 aliphatic heterocycles. The van der Waals surface area contributed by atoms with Crippen molar-refractivity contribution in [2.24, 2.45) is 5.92 Å². The number of alkyl carbamates (subject to hydrolysis) is 1. The lowest BCUT2D eigenvalue weighted by Crippen LogP contribution is -2.54. The van der Waals surface area contributed by atoms with Crippen LogP contribution in [0.4, 0.5) is 16.2 Å². The number of aryl methyl sites for hydroxylation is 1. The van der Waals surface area contributed by atoms with E-state index >= 15 is 0 Å². The smallest absolute Gasteiger partial charge is 0.408 e. The van der Waals surface area contributed by atoms with Crippen molar-refractivity contribution in [1.29, 1.82) is 0 Å². The first kappa shape index (κ1) is 25.9. The summed E-state index contributed by atoms with van der Waals surface area (Å²) in [6, 6.07) is 13.0. The van der Waals surface area contributed by atoms with E-state index in [2.05, 4.69) is 5.32 Å². The van der Waals surface area contributed by atoms with Gasteiger partial charge >= 0.3 is 6.09 Å². The molecule has 1 heterocycles. The Morgan fingerprint density at radius 2 is 1.63 bits per heavy atom. The molecule has 0 spiro atoms. The number of hydrogen-bond acceptors (Lipinski definition) is 5. The Hall–Kier alpha value is -3.68. The minimum Gasteiger partial charge on any atom is -0.444 e. The number of nitrogens with one attached hydrogen (secondary N) is 1. The van der Waals surface area contributed by atoms with Crippen LogP contribution in [0.3, 0.4) is 0 Å². The minimum absolute atomic E-state index is 0.0822. The molecule has 3 amide bonds. The summed E-state index contributed by atoms with van der Waals surface area (Å²) in [4.78, 5) is 55.6. The second-order valence-electron chi connectivity index (χ2n) is 9.95. The first-order valence-corrected chi connectivity index (χ1v) is 11.7. The lowest BCUT2D eigenvalue weighted by Gasteiger charge is -2.27. The number of carbonyl (C=O) groups is 4. The fourth-order valence-electron chi connectivity index (χ4n) is 3.94. The van der Waals surface area contributed by atoms with Crippen LogP contribution in [0.1, 0.15) is 50.5 Å². The molecule has 1 aliphatic rings. The molecule has 0 aliphatic carbocycles. The van der Waals surface area contributed by atoms with E-state index in [1.807, 2.05) is 19.1 Å². The molecule has 186 valence electrons. The van der Waals surface area contributed by atoms with Gasteiger partial charge in [-0.15, -0.1) is 0 Å². The maximum atomic E-state index is 13.8. The molecule has 1 N–H and O–H groups in total. The van der Waals surface area contributed by atoms with Gasteiger partial charge in [-0.05, 0) is 45.4 Å². The fraction of sp³-hybridized carbons (Fsp3) is 0.407. The van der Waals surface area contributed by atoms with E-state index < -0.39 is 23.6 Å². The molecule has 0 fully saturated rings. The van der Waals surface area contributed by atoms with Gasteiger partial charge in [-0.25, -0.2) is 4.79 Å². The summed E-state index contributed by atoms with van der Waals surface area (Å²) in [5, 5.41) is 2.62. The van der Waals surface area contributed by atoms with Crippen molar-refractivity contribution in [2.45, 2.75) is 53.2 Å². The summed E-state index contributed by atoms with van der Waals surface area (Å²) in [7, 11) is 0. The number of para-hydroxylation sites is 2. The molecule has 0 bridgehead atoms. The van der Waals surface area contributed by atoms with Crippen LogP contribution >= 0.6 is 0 Å². The van der Waals surface area contributed by atoms with E-state index in [-0.39, 0.29) is 30.7 Å². The highest BCUT2D eigenvalue weighted by molar-refractivity contribution is 6.12. The summed E-state index contributed by atoms with van der Waals surface area (Å²) in [5.74, 6) is -1.29. The predicted molar refractivity (Wildman–Crippen MR) is 135 cm³/mol. The quantitative estimate of drug-likeness (QED) is 0.651. The highest BCUT2D eigenvalue weighted by Gasteiger charge is 2.38. The Bertz CT molecular complexity index is 1140. The molecule has 0 saturated heterocycles. The van der Waals surface area contributed by atoms with Gasteiger partial charge in [0.2, 0.25) is 5.91 Å². The Balaban J connectivity index is 2.05. The van der Waals surface area contributed by atoms with Crippen LogP contribution in [0.2, 0.25) is 0 Å². The third kappa shape index (κ3) is 6.07. The zero-order chi connectivity index (χ0) is 25.9. The fourth-order valence-corrected chi connectivity index (χ4v) is 3.94. The summed E-state index contributed by atoms with van der Waals surface area (Å²) in [6.45, 7) is 10.2. The molecule has 8 nitrogen and oxygen atoms in total. The molecule has 0 aromatic heterocycles. The maximum absolute atomic E-state index is 13.8. The number of Topliss-reactive ketones (excluding diaryl/α,β-unsaturated/α-hetero) is 1. The lowest BCUT2D eigenvalue weighted by molar-refractivity contribution is -0.122. The number of ketones is 1. The molecule has 0 radical (unpaired) electrons. The maximum Gasteiger partial charge on any atom is 0.408 e. The highest BCUT2D eigenvalue weighted by atomic mass is 16.6. The van der Waals surface area contributed by atoms with Gasteiger partial charge in [-0.3, -0.25) is 14.4 Å². The number of carbonyl (C=O) groups excluding carboxylic acids is 4. The van der Waals surface area contributed by atoms with Gasteiger partial charge in [0.05, 0.1) is 24.5 Å². The topological polar surface area (TPSA) is 96.0 Å². The summed E-state index contributed by atoms with van der Waals surface area (Å²) in [5.41, 5.74) is 1.48. The summed E-state index contributed by atoms with van der Waals surface area (Å²) >= 11 is 0. The SMILES string of the molecule is Cc1ccccc1C(=O)CN1C(=O)C(NC(=O)OC(C)(C)C)CN(C(=O)C(C)C)c2ccccc21. The molecule has 1 atom stereocenters. The second-order valence-corrected chi connectivity index (χ2v) is 9.95. The van der Waals surface area contributed by atoms with Gasteiger partial charge < -0.3 is 19.9 Å². The highest BCUT2D eigenvalue weighted by Crippen LogP contribution is 2.34. The van der Waals surface area contributed by atoms with E-state index in [4.69, 9.17) is 4.74 Å². The van der Waals surface area contributed by atoms with Crippen LogP contribution < -0.4 is 15.1 Å². The van der Waals surface area contributed by atoms with Crippen molar-refractivity contribution in [3.05, 3.63) is 59.7 Å². The van der Waals surface area contributed by atoms with Gasteiger partial charge in [0.1, 0.15) is 11.6 Å². The predicted octanol–water partition coefficient (Wildman–Crippen LogP) is 4.11. The Labute approximate surface area is 206 Å². The zero-order valence-corrected chi connectivity index (χ0v) is 21.1. The first-order valence-electron chi connectivity index (χ1n) is 11.7. The molecule has 1 unspecified atom stereocenters. The largest absolute Gasteiger partial charge is 0.444 e. The van der Waals surface area contributed by atoms with Crippen molar-refractivity contribution in [2.75, 3.05) is 22.9 Å². The van der Waals surface area contributed by atoms with Crippen molar-refractivity contribution in [1.82, 2.24) is 5.32 Å². The molecule has 8 heteroatoms. The Morgan fingerprint density at radius 3 is 2.23 bits per heavy atom. The average molecular weight is 480 g/mol. The van der Waals surface area contributed by atoms with Crippen molar-refractivity contribution < 1.29 is 23.9 Å². The first-order chi connectivity index (χ1) is 16.4. The van der Waals surface area contributed by atoms with E-state index in [9.17, 15) is 19.2 Å². The van der Waals surface area contributed by atoms with Gasteiger partial charge in [0, 0.05) is 11.5 Å². The number of rotatable bonds is 5. The average Bonchev–Trinajstić information content (AvgIpc) is 2.88. The van der Waals surface area contributed by atoms with Gasteiger partial charge in [0.25, 0.3) is 5.91 Å². The lowest BCUT2D eigenvalue weighted by atomic mass is 10.0. The van der Waals surface area contributed by atoms with Crippen LogP contribution in [0.15, 0.2) is 48.5 Å². The third-order valence-electron chi connectivity index (χ3n) is 5.59. The van der Waals surface area contributed by atoms with Gasteiger partial charge in [-0.1, -0.05) is 50.2 Å². The molecular formula is C27H33N3O5. The third-order valence-corrected chi connectivity index (χ3v) is 5.59. The normalized spacial score (nSPS) is 16.0. The van der Waals surface area contributed by atoms with Crippen molar-refractivity contribution >= 4 is 35.1 Å². The Kier molecular flexibility index (Phi) is 7.63. The van der Waals surface area contributed by atoms with Crippen LogP contribution in [0.5, 0.6) is 0 Å². The summed E-state index contributed by atoms with van der Waals surface area (Å²) in [6.07, 6.45) is -0.774. The Morgan fingerprint density at radius 1 is 1.03 bits per heavy atom. The van der Waals surface area contributed by atoms with Crippen LogP contribution in [0.25, 0.3) is 0 Å². The van der Waals surface area contributed by atoms with E-state index in [0.717, 1.165) is 5.56 Å².